The number of rotatable bonds is 5. The zero-order valence-corrected chi connectivity index (χ0v) is 16.6. The van der Waals surface area contributed by atoms with E-state index in [1.807, 2.05) is 12.1 Å². The fourth-order valence-corrected chi connectivity index (χ4v) is 4.95. The SMILES string of the molecule is O=S(=O)(Nc1nccs1)c1ccc(N2CCN(c3ccc(F)cc3)CC2)cc1.[HH]. The number of hydrogen-bond donors (Lipinski definition) is 1. The van der Waals surface area contributed by atoms with Gasteiger partial charge in [0.15, 0.2) is 5.13 Å². The van der Waals surface area contributed by atoms with Crippen LogP contribution in [0.4, 0.5) is 20.9 Å². The van der Waals surface area contributed by atoms with E-state index in [0.29, 0.717) is 5.13 Å². The molecule has 6 nitrogen and oxygen atoms in total. The molecule has 0 spiro atoms. The van der Waals surface area contributed by atoms with Gasteiger partial charge in [-0.05, 0) is 48.5 Å². The van der Waals surface area contributed by atoms with Crippen molar-refractivity contribution in [2.24, 2.45) is 0 Å². The molecule has 2 heterocycles. The van der Waals surface area contributed by atoms with Gasteiger partial charge < -0.3 is 9.80 Å². The number of benzene rings is 2. The smallest absolute Gasteiger partial charge is 0.263 e. The third-order valence-electron chi connectivity index (χ3n) is 4.64. The minimum absolute atomic E-state index is 0. The van der Waals surface area contributed by atoms with E-state index in [1.165, 1.54) is 23.5 Å². The molecule has 1 aliphatic rings. The Labute approximate surface area is 168 Å². The van der Waals surface area contributed by atoms with Gasteiger partial charge in [0.05, 0.1) is 4.90 Å². The molecule has 4 rings (SSSR count). The lowest BCUT2D eigenvalue weighted by Crippen LogP contribution is -2.46. The Hall–Kier alpha value is -2.65. The summed E-state index contributed by atoms with van der Waals surface area (Å²) < 4.78 is 40.4. The van der Waals surface area contributed by atoms with Gasteiger partial charge in [-0.1, -0.05) is 0 Å². The lowest BCUT2D eigenvalue weighted by Gasteiger charge is -2.37. The molecule has 3 aromatic rings. The Balaban J connectivity index is 0.00000240. The van der Waals surface area contributed by atoms with E-state index in [4.69, 9.17) is 0 Å². The fourth-order valence-electron chi connectivity index (χ4n) is 3.16. The van der Waals surface area contributed by atoms with E-state index in [0.717, 1.165) is 37.6 Å². The van der Waals surface area contributed by atoms with Crippen LogP contribution in [0.3, 0.4) is 0 Å². The first-order valence-corrected chi connectivity index (χ1v) is 11.2. The first kappa shape index (κ1) is 18.7. The summed E-state index contributed by atoms with van der Waals surface area (Å²) in [6.45, 7) is 3.25. The van der Waals surface area contributed by atoms with Crippen molar-refractivity contribution in [2.45, 2.75) is 4.90 Å². The molecule has 0 aliphatic carbocycles. The minimum Gasteiger partial charge on any atom is -0.368 e. The zero-order valence-electron chi connectivity index (χ0n) is 15.0. The van der Waals surface area contributed by atoms with Gasteiger partial charge in [-0.25, -0.2) is 17.8 Å². The highest BCUT2D eigenvalue weighted by molar-refractivity contribution is 7.93. The second-order valence-corrected chi connectivity index (χ2v) is 8.96. The molecule has 28 heavy (non-hydrogen) atoms. The van der Waals surface area contributed by atoms with Gasteiger partial charge in [-0.2, -0.15) is 0 Å². The molecule has 1 fully saturated rings. The van der Waals surface area contributed by atoms with Crippen molar-refractivity contribution in [2.75, 3.05) is 40.7 Å². The summed E-state index contributed by atoms with van der Waals surface area (Å²) in [5.41, 5.74) is 1.99. The zero-order chi connectivity index (χ0) is 19.6. The topological polar surface area (TPSA) is 65.5 Å². The molecule has 0 atom stereocenters. The molecule has 1 N–H and O–H groups in total. The Kier molecular flexibility index (Phi) is 5.19. The maximum absolute atomic E-state index is 13.1. The third kappa shape index (κ3) is 4.10. The predicted molar refractivity (Wildman–Crippen MR) is 112 cm³/mol. The quantitative estimate of drug-likeness (QED) is 0.683. The molecule has 148 valence electrons. The minimum atomic E-state index is -3.64. The van der Waals surface area contributed by atoms with Crippen LogP contribution in [0.1, 0.15) is 1.43 Å². The number of hydrogen-bond acceptors (Lipinski definition) is 6. The normalized spacial score (nSPS) is 14.9. The average Bonchev–Trinajstić information content (AvgIpc) is 3.21. The van der Waals surface area contributed by atoms with Crippen LogP contribution >= 0.6 is 11.3 Å². The Bertz CT molecular complexity index is 1020. The van der Waals surface area contributed by atoms with Crippen molar-refractivity contribution in [1.82, 2.24) is 4.98 Å². The van der Waals surface area contributed by atoms with Crippen LogP contribution in [-0.4, -0.2) is 39.6 Å². The van der Waals surface area contributed by atoms with E-state index < -0.39 is 10.0 Å². The van der Waals surface area contributed by atoms with E-state index in [2.05, 4.69) is 19.5 Å². The first-order valence-electron chi connectivity index (χ1n) is 8.79. The third-order valence-corrected chi connectivity index (χ3v) is 6.81. The Morgan fingerprint density at radius 1 is 0.929 bits per heavy atom. The molecule has 0 saturated carbocycles. The van der Waals surface area contributed by atoms with Gasteiger partial charge in [0.1, 0.15) is 5.82 Å². The molecule has 1 aromatic heterocycles. The summed E-state index contributed by atoms with van der Waals surface area (Å²) >= 11 is 1.23. The summed E-state index contributed by atoms with van der Waals surface area (Å²) in [6.07, 6.45) is 1.55. The number of thiazole rings is 1. The standard InChI is InChI=1S/C19H19FN4O2S2.H2/c20-15-1-3-16(4-2-15)23-10-12-24(13-11-23)17-5-7-18(8-6-17)28(25,26)22-19-21-9-14-27-19;/h1-9,14H,10-13H2,(H,21,22);1H. The first-order chi connectivity index (χ1) is 13.5. The Morgan fingerprint density at radius 3 is 1.96 bits per heavy atom. The van der Waals surface area contributed by atoms with Crippen LogP contribution in [0.2, 0.25) is 0 Å². The molecule has 0 radical (unpaired) electrons. The van der Waals surface area contributed by atoms with Crippen molar-refractivity contribution >= 4 is 37.9 Å². The van der Waals surface area contributed by atoms with Crippen LogP contribution in [0.25, 0.3) is 0 Å². The van der Waals surface area contributed by atoms with Crippen molar-refractivity contribution in [1.29, 1.82) is 0 Å². The van der Waals surface area contributed by atoms with Gasteiger partial charge in [-0.15, -0.1) is 11.3 Å². The monoisotopic (exact) mass is 420 g/mol. The van der Waals surface area contributed by atoms with Crippen molar-refractivity contribution < 1.29 is 14.2 Å². The number of nitrogens with zero attached hydrogens (tertiary/aromatic N) is 3. The molecule has 0 unspecified atom stereocenters. The van der Waals surface area contributed by atoms with E-state index in [9.17, 15) is 12.8 Å². The van der Waals surface area contributed by atoms with E-state index >= 15 is 0 Å². The highest BCUT2D eigenvalue weighted by atomic mass is 32.2. The molecule has 0 amide bonds. The molecule has 2 aromatic carbocycles. The van der Waals surface area contributed by atoms with Gasteiger partial charge in [-0.3, -0.25) is 4.72 Å². The van der Waals surface area contributed by atoms with Gasteiger partial charge >= 0.3 is 0 Å². The van der Waals surface area contributed by atoms with Crippen molar-refractivity contribution in [3.8, 4) is 0 Å². The van der Waals surface area contributed by atoms with E-state index in [-0.39, 0.29) is 12.1 Å². The molecule has 1 saturated heterocycles. The van der Waals surface area contributed by atoms with Gasteiger partial charge in [0.25, 0.3) is 10.0 Å². The van der Waals surface area contributed by atoms with Gasteiger partial charge in [0.2, 0.25) is 0 Å². The summed E-state index contributed by atoms with van der Waals surface area (Å²) in [5.74, 6) is -0.234. The lowest BCUT2D eigenvalue weighted by molar-refractivity contribution is 0.601. The number of aromatic nitrogens is 1. The maximum atomic E-state index is 13.1. The summed E-state index contributed by atoms with van der Waals surface area (Å²) in [6, 6.07) is 13.4. The molecular formula is C19H21FN4O2S2. The lowest BCUT2D eigenvalue weighted by atomic mass is 10.2. The van der Waals surface area contributed by atoms with Crippen molar-refractivity contribution in [3.63, 3.8) is 0 Å². The number of sulfonamides is 1. The second-order valence-electron chi connectivity index (χ2n) is 6.39. The second kappa shape index (κ2) is 7.76. The fraction of sp³-hybridized carbons (Fsp3) is 0.211. The van der Waals surface area contributed by atoms with Crippen LogP contribution < -0.4 is 14.5 Å². The highest BCUT2D eigenvalue weighted by Gasteiger charge is 2.19. The summed E-state index contributed by atoms with van der Waals surface area (Å²) in [4.78, 5) is 8.58. The number of anilines is 3. The van der Waals surface area contributed by atoms with Crippen LogP contribution in [0.5, 0.6) is 0 Å². The predicted octanol–water partition coefficient (Wildman–Crippen LogP) is 3.66. The molecule has 1 aliphatic heterocycles. The van der Waals surface area contributed by atoms with Crippen LogP contribution in [0.15, 0.2) is 65.0 Å². The molecular weight excluding hydrogens is 399 g/mol. The molecule has 9 heteroatoms. The van der Waals surface area contributed by atoms with Crippen molar-refractivity contribution in [3.05, 3.63) is 65.9 Å². The summed E-state index contributed by atoms with van der Waals surface area (Å²) in [5, 5.41) is 2.06. The molecule has 0 bridgehead atoms. The van der Waals surface area contributed by atoms with Gasteiger partial charge in [0, 0.05) is 50.6 Å². The average molecular weight is 421 g/mol. The van der Waals surface area contributed by atoms with E-state index in [1.54, 1.807) is 35.8 Å². The highest BCUT2D eigenvalue weighted by Crippen LogP contribution is 2.24. The maximum Gasteiger partial charge on any atom is 0.263 e. The number of halogens is 1. The summed E-state index contributed by atoms with van der Waals surface area (Å²) in [7, 11) is -3.64. The van der Waals surface area contributed by atoms with Crippen LogP contribution in [0, 0.1) is 5.82 Å². The largest absolute Gasteiger partial charge is 0.368 e. The van der Waals surface area contributed by atoms with Crippen LogP contribution in [-0.2, 0) is 10.0 Å². The Morgan fingerprint density at radius 2 is 1.46 bits per heavy atom. The number of nitrogens with one attached hydrogen (secondary N) is 1. The number of piperazine rings is 1.